The summed E-state index contributed by atoms with van der Waals surface area (Å²) in [4.78, 5) is 26.0. The molecule has 2 fully saturated rings. The molecule has 3 rings (SSSR count). The van der Waals surface area contributed by atoms with E-state index in [9.17, 15) is 23.5 Å². The third-order valence-electron chi connectivity index (χ3n) is 5.32. The number of carboxylic acids is 1. The number of aryl methyl sites for hydroxylation is 2. The average molecular weight is 353 g/mol. The standard InChI is InChI=1S/C18H21F2NO4/c1-9-6-12(7-10(2)15(9)25-18(19)20)16(22)21-8-11-4-3-5-13(11)14(21)17(23)24/h6-7,11,13-14,18H,3-5,8H2,1-2H3,(H,23,24). The number of hydrogen-bond acceptors (Lipinski definition) is 3. The highest BCUT2D eigenvalue weighted by Gasteiger charge is 2.49. The molecule has 1 saturated heterocycles. The summed E-state index contributed by atoms with van der Waals surface area (Å²) in [7, 11) is 0. The number of amides is 1. The van der Waals surface area contributed by atoms with Crippen molar-refractivity contribution in [3.05, 3.63) is 28.8 Å². The normalized spacial score (nSPS) is 25.3. The fourth-order valence-electron chi connectivity index (χ4n) is 4.35. The van der Waals surface area contributed by atoms with Crippen LogP contribution in [0.5, 0.6) is 5.75 Å². The number of likely N-dealkylation sites (tertiary alicyclic amines) is 1. The Morgan fingerprint density at radius 2 is 1.88 bits per heavy atom. The number of nitrogens with zero attached hydrogens (tertiary/aromatic N) is 1. The SMILES string of the molecule is Cc1cc(C(=O)N2CC3CCCC3C2C(=O)O)cc(C)c1OC(F)F. The molecule has 1 saturated carbocycles. The highest BCUT2D eigenvalue weighted by molar-refractivity contribution is 5.97. The molecule has 1 N–H and O–H groups in total. The lowest BCUT2D eigenvalue weighted by molar-refractivity contribution is -0.142. The lowest BCUT2D eigenvalue weighted by Gasteiger charge is -2.25. The monoisotopic (exact) mass is 353 g/mol. The summed E-state index contributed by atoms with van der Waals surface area (Å²) < 4.78 is 29.5. The van der Waals surface area contributed by atoms with E-state index >= 15 is 0 Å². The van der Waals surface area contributed by atoms with Gasteiger partial charge in [0.25, 0.3) is 5.91 Å². The quantitative estimate of drug-likeness (QED) is 0.902. The highest BCUT2D eigenvalue weighted by atomic mass is 19.3. The second-order valence-electron chi connectivity index (χ2n) is 6.91. The van der Waals surface area contributed by atoms with Crippen molar-refractivity contribution in [1.29, 1.82) is 0 Å². The number of hydrogen-bond donors (Lipinski definition) is 1. The molecule has 1 aliphatic heterocycles. The minimum atomic E-state index is -2.94. The van der Waals surface area contributed by atoms with Gasteiger partial charge in [-0.2, -0.15) is 8.78 Å². The van der Waals surface area contributed by atoms with Crippen molar-refractivity contribution >= 4 is 11.9 Å². The summed E-state index contributed by atoms with van der Waals surface area (Å²) in [6.07, 6.45) is 2.76. The van der Waals surface area contributed by atoms with E-state index < -0.39 is 18.6 Å². The summed E-state index contributed by atoms with van der Waals surface area (Å²) in [5.74, 6) is -1.05. The topological polar surface area (TPSA) is 66.8 Å². The summed E-state index contributed by atoms with van der Waals surface area (Å²) >= 11 is 0. The number of benzene rings is 1. The van der Waals surface area contributed by atoms with Crippen LogP contribution in [0.3, 0.4) is 0 Å². The van der Waals surface area contributed by atoms with Gasteiger partial charge in [-0.05, 0) is 61.8 Å². The molecule has 0 radical (unpaired) electrons. The molecular formula is C18H21F2NO4. The lowest BCUT2D eigenvalue weighted by atomic mass is 9.94. The first-order valence-electron chi connectivity index (χ1n) is 8.39. The number of carboxylic acid groups (broad SMARTS) is 1. The maximum absolute atomic E-state index is 12.9. The number of carbonyl (C=O) groups excluding carboxylic acids is 1. The van der Waals surface area contributed by atoms with Gasteiger partial charge in [0, 0.05) is 12.1 Å². The number of halogens is 2. The van der Waals surface area contributed by atoms with E-state index in [-0.39, 0.29) is 23.5 Å². The summed E-state index contributed by atoms with van der Waals surface area (Å²) in [5, 5.41) is 9.58. The zero-order valence-electron chi connectivity index (χ0n) is 14.2. The third-order valence-corrected chi connectivity index (χ3v) is 5.32. The van der Waals surface area contributed by atoms with E-state index in [2.05, 4.69) is 4.74 Å². The van der Waals surface area contributed by atoms with Crippen LogP contribution in [0.4, 0.5) is 8.78 Å². The van der Waals surface area contributed by atoms with Gasteiger partial charge in [0.05, 0.1) is 0 Å². The lowest BCUT2D eigenvalue weighted by Crippen LogP contribution is -2.43. The number of fused-ring (bicyclic) bond motifs is 1. The molecule has 25 heavy (non-hydrogen) atoms. The van der Waals surface area contributed by atoms with Crippen molar-refractivity contribution < 1.29 is 28.2 Å². The first-order valence-corrected chi connectivity index (χ1v) is 8.39. The second kappa shape index (κ2) is 6.61. The predicted molar refractivity (Wildman–Crippen MR) is 85.8 cm³/mol. The van der Waals surface area contributed by atoms with Crippen molar-refractivity contribution in [2.45, 2.75) is 45.8 Å². The van der Waals surface area contributed by atoms with E-state index in [0.29, 0.717) is 23.2 Å². The average Bonchev–Trinajstić information content (AvgIpc) is 3.09. The number of ether oxygens (including phenoxy) is 1. The van der Waals surface area contributed by atoms with E-state index in [1.807, 2.05) is 0 Å². The number of aliphatic carboxylic acids is 1. The molecule has 0 bridgehead atoms. The van der Waals surface area contributed by atoms with Gasteiger partial charge in [-0.1, -0.05) is 6.42 Å². The van der Waals surface area contributed by atoms with Gasteiger partial charge in [-0.3, -0.25) is 4.79 Å². The molecule has 136 valence electrons. The van der Waals surface area contributed by atoms with Crippen LogP contribution < -0.4 is 4.74 Å². The molecule has 1 aromatic carbocycles. The smallest absolute Gasteiger partial charge is 0.387 e. The first kappa shape index (κ1) is 17.6. The number of alkyl halides is 2. The Morgan fingerprint density at radius 1 is 1.24 bits per heavy atom. The van der Waals surface area contributed by atoms with Crippen LogP contribution in [-0.4, -0.2) is 41.1 Å². The molecule has 1 heterocycles. The highest BCUT2D eigenvalue weighted by Crippen LogP contribution is 2.43. The van der Waals surface area contributed by atoms with Crippen LogP contribution in [0.1, 0.15) is 40.7 Å². The maximum Gasteiger partial charge on any atom is 0.387 e. The Hall–Kier alpha value is -2.18. The molecule has 2 aliphatic rings. The molecule has 3 unspecified atom stereocenters. The zero-order chi connectivity index (χ0) is 18.3. The van der Waals surface area contributed by atoms with Crippen LogP contribution in [0.15, 0.2) is 12.1 Å². The Bertz CT molecular complexity index is 683. The van der Waals surface area contributed by atoms with E-state index in [1.54, 1.807) is 13.8 Å². The summed E-state index contributed by atoms with van der Waals surface area (Å²) in [5.41, 5.74) is 1.16. The molecule has 0 aromatic heterocycles. The zero-order valence-corrected chi connectivity index (χ0v) is 14.2. The Labute approximate surface area is 144 Å². The molecular weight excluding hydrogens is 332 g/mol. The van der Waals surface area contributed by atoms with Crippen molar-refractivity contribution in [2.24, 2.45) is 11.8 Å². The van der Waals surface area contributed by atoms with Gasteiger partial charge in [0.1, 0.15) is 11.8 Å². The predicted octanol–water partition coefficient (Wildman–Crippen LogP) is 3.23. The van der Waals surface area contributed by atoms with E-state index in [4.69, 9.17) is 0 Å². The van der Waals surface area contributed by atoms with Gasteiger partial charge in [0.2, 0.25) is 0 Å². The minimum Gasteiger partial charge on any atom is -0.480 e. The van der Waals surface area contributed by atoms with Gasteiger partial charge in [-0.25, -0.2) is 4.79 Å². The molecule has 1 aromatic rings. The van der Waals surface area contributed by atoms with Crippen molar-refractivity contribution in [3.8, 4) is 5.75 Å². The van der Waals surface area contributed by atoms with Gasteiger partial charge in [0.15, 0.2) is 0 Å². The minimum absolute atomic E-state index is 0.00471. The number of rotatable bonds is 4. The van der Waals surface area contributed by atoms with Crippen molar-refractivity contribution in [2.75, 3.05) is 6.54 Å². The molecule has 5 nitrogen and oxygen atoms in total. The fourth-order valence-corrected chi connectivity index (χ4v) is 4.35. The Morgan fingerprint density at radius 3 is 2.44 bits per heavy atom. The third kappa shape index (κ3) is 3.19. The molecule has 1 aliphatic carbocycles. The van der Waals surface area contributed by atoms with Crippen LogP contribution in [0.25, 0.3) is 0 Å². The molecule has 7 heteroatoms. The van der Waals surface area contributed by atoms with E-state index in [1.165, 1.54) is 17.0 Å². The van der Waals surface area contributed by atoms with Gasteiger partial charge in [-0.15, -0.1) is 0 Å². The van der Waals surface area contributed by atoms with Crippen LogP contribution in [0.2, 0.25) is 0 Å². The second-order valence-corrected chi connectivity index (χ2v) is 6.91. The maximum atomic E-state index is 12.9. The van der Waals surface area contributed by atoms with Gasteiger partial charge < -0.3 is 14.7 Å². The molecule has 3 atom stereocenters. The molecule has 1 amide bonds. The van der Waals surface area contributed by atoms with Crippen LogP contribution in [0, 0.1) is 25.7 Å². The number of carbonyl (C=O) groups is 2. The first-order chi connectivity index (χ1) is 11.8. The largest absolute Gasteiger partial charge is 0.480 e. The molecule has 0 spiro atoms. The Balaban J connectivity index is 1.89. The summed E-state index contributed by atoms with van der Waals surface area (Å²) in [6.45, 7) is 0.686. The van der Waals surface area contributed by atoms with Crippen LogP contribution >= 0.6 is 0 Å². The Kier molecular flexibility index (Phi) is 4.67. The van der Waals surface area contributed by atoms with E-state index in [0.717, 1.165) is 19.3 Å². The van der Waals surface area contributed by atoms with Gasteiger partial charge >= 0.3 is 12.6 Å². The van der Waals surface area contributed by atoms with Crippen molar-refractivity contribution in [3.63, 3.8) is 0 Å². The fraction of sp³-hybridized carbons (Fsp3) is 0.556. The van der Waals surface area contributed by atoms with Crippen molar-refractivity contribution in [1.82, 2.24) is 4.90 Å². The summed E-state index contributed by atoms with van der Waals surface area (Å²) in [6, 6.07) is 2.16. The van der Waals surface area contributed by atoms with Crippen LogP contribution in [-0.2, 0) is 4.79 Å².